The van der Waals surface area contributed by atoms with Gasteiger partial charge in [-0.05, 0) is 6.42 Å². The van der Waals surface area contributed by atoms with Crippen molar-refractivity contribution in [2.45, 2.75) is 31.0 Å². The lowest BCUT2D eigenvalue weighted by Crippen LogP contribution is -2.48. The van der Waals surface area contributed by atoms with Crippen LogP contribution in [-0.4, -0.2) is 51.7 Å². The van der Waals surface area contributed by atoms with Crippen molar-refractivity contribution in [3.05, 3.63) is 12.7 Å². The topological polar surface area (TPSA) is 104 Å². The fourth-order valence-electron chi connectivity index (χ4n) is 1.78. The Morgan fingerprint density at radius 1 is 1.62 bits per heavy atom. The Morgan fingerprint density at radius 2 is 2.25 bits per heavy atom. The number of carboxylic acids is 1. The first kappa shape index (κ1) is 12.7. The van der Waals surface area contributed by atoms with E-state index in [0.717, 1.165) is 4.90 Å². The zero-order chi connectivity index (χ0) is 12.3. The van der Waals surface area contributed by atoms with Crippen LogP contribution in [0.5, 0.6) is 0 Å². The average Bonchev–Trinajstić information content (AvgIpc) is 2.59. The molecular formula is C10H16N2O4. The second-order valence-corrected chi connectivity index (χ2v) is 3.87. The third-order valence-electron chi connectivity index (χ3n) is 2.58. The molecule has 0 aromatic rings. The Balaban J connectivity index is 2.73. The molecule has 0 aliphatic carbocycles. The van der Waals surface area contributed by atoms with Crippen molar-refractivity contribution in [1.82, 2.24) is 4.90 Å². The molecule has 0 aromatic carbocycles. The van der Waals surface area contributed by atoms with E-state index in [2.05, 4.69) is 6.58 Å². The molecule has 1 amide bonds. The number of nitrogens with two attached hydrogens (primary N) is 1. The summed E-state index contributed by atoms with van der Waals surface area (Å²) in [5.41, 5.74) is 5.58. The highest BCUT2D eigenvalue weighted by Gasteiger charge is 2.40. The minimum absolute atomic E-state index is 0.0284. The van der Waals surface area contributed by atoms with E-state index in [1.165, 1.54) is 6.08 Å². The molecule has 90 valence electrons. The predicted octanol–water partition coefficient (Wildman–Crippen LogP) is -1.06. The van der Waals surface area contributed by atoms with Crippen molar-refractivity contribution < 1.29 is 19.8 Å². The number of carbonyl (C=O) groups excluding carboxylic acids is 1. The van der Waals surface area contributed by atoms with Gasteiger partial charge < -0.3 is 20.8 Å². The second kappa shape index (κ2) is 5.09. The smallest absolute Gasteiger partial charge is 0.326 e. The van der Waals surface area contributed by atoms with E-state index in [1.54, 1.807) is 0 Å². The standard InChI is InChI=1S/C10H16N2O4/c1-2-3-7(11)9(14)12-5-6(13)4-8(12)10(15)16/h2,6-8,13H,1,3-5,11H2,(H,15,16)/t6-,7?,8-/m1/s1. The maximum Gasteiger partial charge on any atom is 0.326 e. The molecule has 4 N–H and O–H groups in total. The molecule has 0 aromatic heterocycles. The lowest BCUT2D eigenvalue weighted by Gasteiger charge is -2.23. The first-order chi connectivity index (χ1) is 7.47. The highest BCUT2D eigenvalue weighted by Crippen LogP contribution is 2.19. The summed E-state index contributed by atoms with van der Waals surface area (Å²) in [6.07, 6.45) is 1.06. The quantitative estimate of drug-likeness (QED) is 0.532. The van der Waals surface area contributed by atoms with E-state index in [-0.39, 0.29) is 19.4 Å². The van der Waals surface area contributed by atoms with Gasteiger partial charge in [-0.25, -0.2) is 4.79 Å². The molecule has 0 saturated carbocycles. The minimum Gasteiger partial charge on any atom is -0.480 e. The van der Waals surface area contributed by atoms with E-state index in [1.807, 2.05) is 0 Å². The first-order valence-electron chi connectivity index (χ1n) is 5.05. The SMILES string of the molecule is C=CCC(N)C(=O)N1C[C@H](O)C[C@@H]1C(=O)O. The van der Waals surface area contributed by atoms with E-state index in [0.29, 0.717) is 0 Å². The molecular weight excluding hydrogens is 212 g/mol. The highest BCUT2D eigenvalue weighted by atomic mass is 16.4. The predicted molar refractivity (Wildman–Crippen MR) is 56.6 cm³/mol. The van der Waals surface area contributed by atoms with Gasteiger partial charge >= 0.3 is 5.97 Å². The normalized spacial score (nSPS) is 26.5. The zero-order valence-corrected chi connectivity index (χ0v) is 8.87. The molecule has 1 aliphatic rings. The van der Waals surface area contributed by atoms with Gasteiger partial charge in [-0.2, -0.15) is 0 Å². The average molecular weight is 228 g/mol. The van der Waals surface area contributed by atoms with Gasteiger partial charge in [0.15, 0.2) is 0 Å². The number of hydrogen-bond acceptors (Lipinski definition) is 4. The van der Waals surface area contributed by atoms with Crippen molar-refractivity contribution in [1.29, 1.82) is 0 Å². The first-order valence-corrected chi connectivity index (χ1v) is 5.05. The highest BCUT2D eigenvalue weighted by molar-refractivity contribution is 5.87. The van der Waals surface area contributed by atoms with E-state index >= 15 is 0 Å². The van der Waals surface area contributed by atoms with Crippen molar-refractivity contribution in [3.8, 4) is 0 Å². The molecule has 0 bridgehead atoms. The number of aliphatic carboxylic acids is 1. The summed E-state index contributed by atoms with van der Waals surface area (Å²) >= 11 is 0. The molecule has 3 atom stereocenters. The van der Waals surface area contributed by atoms with Crippen LogP contribution in [0, 0.1) is 0 Å². The summed E-state index contributed by atoms with van der Waals surface area (Å²) in [7, 11) is 0. The summed E-state index contributed by atoms with van der Waals surface area (Å²) in [6, 6.07) is -1.76. The summed E-state index contributed by atoms with van der Waals surface area (Å²) in [5.74, 6) is -1.57. The maximum absolute atomic E-state index is 11.8. The van der Waals surface area contributed by atoms with E-state index in [4.69, 9.17) is 10.8 Å². The Morgan fingerprint density at radius 3 is 2.75 bits per heavy atom. The number of hydrogen-bond donors (Lipinski definition) is 3. The van der Waals surface area contributed by atoms with Crippen LogP contribution in [0.25, 0.3) is 0 Å². The third kappa shape index (κ3) is 2.59. The molecule has 0 spiro atoms. The Kier molecular flexibility index (Phi) is 4.03. The minimum atomic E-state index is -1.12. The lowest BCUT2D eigenvalue weighted by atomic mass is 10.1. The maximum atomic E-state index is 11.8. The second-order valence-electron chi connectivity index (χ2n) is 3.87. The number of aliphatic hydroxyl groups excluding tert-OH is 1. The molecule has 1 heterocycles. The number of amides is 1. The largest absolute Gasteiger partial charge is 0.480 e. The van der Waals surface area contributed by atoms with Crippen molar-refractivity contribution >= 4 is 11.9 Å². The molecule has 0 radical (unpaired) electrons. The number of rotatable bonds is 4. The Labute approximate surface area is 93.3 Å². The lowest BCUT2D eigenvalue weighted by molar-refractivity contribution is -0.148. The van der Waals surface area contributed by atoms with Gasteiger partial charge in [-0.15, -0.1) is 6.58 Å². The molecule has 1 fully saturated rings. The number of β-amino-alcohol motifs (C(OH)–C–C–N with tert-alkyl or cyclic N) is 1. The molecule has 6 heteroatoms. The van der Waals surface area contributed by atoms with Crippen LogP contribution in [0.3, 0.4) is 0 Å². The van der Waals surface area contributed by atoms with Gasteiger partial charge in [0, 0.05) is 13.0 Å². The van der Waals surface area contributed by atoms with Crippen LogP contribution in [0.2, 0.25) is 0 Å². The molecule has 1 aliphatic heterocycles. The van der Waals surface area contributed by atoms with Crippen LogP contribution in [0.15, 0.2) is 12.7 Å². The number of carbonyl (C=O) groups is 2. The van der Waals surface area contributed by atoms with Gasteiger partial charge in [0.2, 0.25) is 5.91 Å². The van der Waals surface area contributed by atoms with Gasteiger partial charge in [0.1, 0.15) is 6.04 Å². The summed E-state index contributed by atoms with van der Waals surface area (Å²) in [4.78, 5) is 23.8. The molecule has 16 heavy (non-hydrogen) atoms. The van der Waals surface area contributed by atoms with Crippen LogP contribution in [0.1, 0.15) is 12.8 Å². The van der Waals surface area contributed by atoms with Gasteiger partial charge in [-0.1, -0.05) is 6.08 Å². The molecule has 1 rings (SSSR count). The van der Waals surface area contributed by atoms with Crippen molar-refractivity contribution in [3.63, 3.8) is 0 Å². The van der Waals surface area contributed by atoms with Crippen LogP contribution in [-0.2, 0) is 9.59 Å². The Bertz CT molecular complexity index is 305. The van der Waals surface area contributed by atoms with Crippen LogP contribution in [0.4, 0.5) is 0 Å². The summed E-state index contributed by atoms with van der Waals surface area (Å²) in [5, 5.41) is 18.3. The van der Waals surface area contributed by atoms with E-state index in [9.17, 15) is 14.7 Å². The van der Waals surface area contributed by atoms with Crippen LogP contribution < -0.4 is 5.73 Å². The number of nitrogens with zero attached hydrogens (tertiary/aromatic N) is 1. The van der Waals surface area contributed by atoms with Gasteiger partial charge in [-0.3, -0.25) is 4.79 Å². The Hall–Kier alpha value is -1.40. The molecule has 1 unspecified atom stereocenters. The number of likely N-dealkylation sites (tertiary alicyclic amines) is 1. The zero-order valence-electron chi connectivity index (χ0n) is 8.87. The fraction of sp³-hybridized carbons (Fsp3) is 0.600. The van der Waals surface area contributed by atoms with Crippen molar-refractivity contribution in [2.24, 2.45) is 5.73 Å². The summed E-state index contributed by atoms with van der Waals surface area (Å²) < 4.78 is 0. The van der Waals surface area contributed by atoms with Gasteiger partial charge in [0.05, 0.1) is 12.1 Å². The molecule has 6 nitrogen and oxygen atoms in total. The van der Waals surface area contributed by atoms with E-state index < -0.39 is 30.1 Å². The van der Waals surface area contributed by atoms with Gasteiger partial charge in [0.25, 0.3) is 0 Å². The third-order valence-corrected chi connectivity index (χ3v) is 2.58. The fourth-order valence-corrected chi connectivity index (χ4v) is 1.78. The van der Waals surface area contributed by atoms with Crippen LogP contribution >= 0.6 is 0 Å². The number of aliphatic hydroxyl groups is 1. The van der Waals surface area contributed by atoms with Crippen molar-refractivity contribution in [2.75, 3.05) is 6.54 Å². The monoisotopic (exact) mass is 228 g/mol. The molecule has 1 saturated heterocycles. The summed E-state index contributed by atoms with van der Waals surface area (Å²) in [6.45, 7) is 3.49. The number of carboxylic acid groups (broad SMARTS) is 1.